The molecule has 1 unspecified atom stereocenters. The molecule has 0 bridgehead atoms. The standard InChI is InChI=1S/C5H8ClN3OS/c6-1-3-2-8-5(10-3)9-4(7)11/h3H,1-2H2,(H3,7,8,9,11). The number of amidine groups is 1. The fraction of sp³-hybridized carbons (Fsp3) is 0.600. The zero-order chi connectivity index (χ0) is 8.27. The van der Waals surface area contributed by atoms with Crippen molar-refractivity contribution in [3.8, 4) is 0 Å². The van der Waals surface area contributed by atoms with Crippen LogP contribution in [-0.2, 0) is 4.74 Å². The third-order valence-electron chi connectivity index (χ3n) is 1.12. The SMILES string of the molecule is NC(=S)NC1=NCC(CCl)O1. The van der Waals surface area contributed by atoms with Crippen LogP contribution in [0.15, 0.2) is 4.99 Å². The van der Waals surface area contributed by atoms with Crippen LogP contribution >= 0.6 is 23.8 Å². The summed E-state index contributed by atoms with van der Waals surface area (Å²) in [5.74, 6) is 0.423. The van der Waals surface area contributed by atoms with Gasteiger partial charge in [-0.2, -0.15) is 0 Å². The normalized spacial score (nSPS) is 22.3. The molecule has 0 saturated heterocycles. The summed E-state index contributed by atoms with van der Waals surface area (Å²) in [7, 11) is 0. The minimum atomic E-state index is -0.0477. The molecule has 0 radical (unpaired) electrons. The first-order valence-corrected chi connectivity index (χ1v) is 4.00. The minimum Gasteiger partial charge on any atom is -0.458 e. The van der Waals surface area contributed by atoms with Crippen molar-refractivity contribution in [3.05, 3.63) is 0 Å². The summed E-state index contributed by atoms with van der Waals surface area (Å²) in [5.41, 5.74) is 5.19. The lowest BCUT2D eigenvalue weighted by molar-refractivity contribution is 0.242. The van der Waals surface area contributed by atoms with Gasteiger partial charge in [-0.1, -0.05) is 0 Å². The molecule has 0 aromatic heterocycles. The minimum absolute atomic E-state index is 0.0477. The zero-order valence-electron chi connectivity index (χ0n) is 5.71. The summed E-state index contributed by atoms with van der Waals surface area (Å²) in [6.07, 6.45) is -0.0477. The third kappa shape index (κ3) is 2.51. The van der Waals surface area contributed by atoms with Crippen molar-refractivity contribution in [2.24, 2.45) is 10.7 Å². The number of nitrogens with two attached hydrogens (primary N) is 1. The first-order chi connectivity index (χ1) is 5.22. The number of rotatable bonds is 1. The van der Waals surface area contributed by atoms with Gasteiger partial charge >= 0.3 is 0 Å². The van der Waals surface area contributed by atoms with Crippen molar-refractivity contribution in [2.45, 2.75) is 6.10 Å². The molecule has 0 amide bonds. The highest BCUT2D eigenvalue weighted by molar-refractivity contribution is 7.80. The van der Waals surface area contributed by atoms with Crippen LogP contribution in [-0.4, -0.2) is 29.7 Å². The summed E-state index contributed by atoms with van der Waals surface area (Å²) in [6.45, 7) is 0.564. The van der Waals surface area contributed by atoms with Crippen LogP contribution in [0.4, 0.5) is 0 Å². The van der Waals surface area contributed by atoms with E-state index in [9.17, 15) is 0 Å². The molecule has 11 heavy (non-hydrogen) atoms. The number of aliphatic imine (C=N–C) groups is 1. The summed E-state index contributed by atoms with van der Waals surface area (Å²) in [6, 6.07) is 0.364. The lowest BCUT2D eigenvalue weighted by atomic mass is 10.4. The highest BCUT2D eigenvalue weighted by Gasteiger charge is 2.18. The average molecular weight is 194 g/mol. The molecule has 1 heterocycles. The van der Waals surface area contributed by atoms with Crippen LogP contribution in [0.3, 0.4) is 0 Å². The molecule has 0 spiro atoms. The van der Waals surface area contributed by atoms with Gasteiger partial charge in [0.25, 0.3) is 6.02 Å². The van der Waals surface area contributed by atoms with Crippen molar-refractivity contribution in [1.82, 2.24) is 5.32 Å². The first kappa shape index (κ1) is 8.55. The number of alkyl halides is 1. The zero-order valence-corrected chi connectivity index (χ0v) is 7.28. The fourth-order valence-corrected chi connectivity index (χ4v) is 0.920. The Morgan fingerprint density at radius 3 is 3.18 bits per heavy atom. The van der Waals surface area contributed by atoms with Crippen molar-refractivity contribution in [3.63, 3.8) is 0 Å². The van der Waals surface area contributed by atoms with E-state index in [-0.39, 0.29) is 11.2 Å². The predicted octanol–water partition coefficient (Wildman–Crippen LogP) is -0.187. The van der Waals surface area contributed by atoms with Gasteiger partial charge in [0.05, 0.1) is 12.4 Å². The molecule has 0 fully saturated rings. The summed E-state index contributed by atoms with van der Waals surface area (Å²) in [5, 5.41) is 2.74. The molecule has 62 valence electrons. The van der Waals surface area contributed by atoms with E-state index in [0.29, 0.717) is 18.4 Å². The van der Waals surface area contributed by atoms with E-state index in [2.05, 4.69) is 22.5 Å². The van der Waals surface area contributed by atoms with Crippen molar-refractivity contribution in [2.75, 3.05) is 12.4 Å². The third-order valence-corrected chi connectivity index (χ3v) is 1.57. The van der Waals surface area contributed by atoms with Crippen LogP contribution in [0.2, 0.25) is 0 Å². The number of halogens is 1. The Kier molecular flexibility index (Phi) is 2.90. The van der Waals surface area contributed by atoms with E-state index < -0.39 is 0 Å². The lowest BCUT2D eigenvalue weighted by Crippen LogP contribution is -2.36. The Bertz CT molecular complexity index is 196. The Balaban J connectivity index is 2.34. The van der Waals surface area contributed by atoms with Gasteiger partial charge in [0.1, 0.15) is 6.10 Å². The van der Waals surface area contributed by atoms with Crippen molar-refractivity contribution >= 4 is 35.0 Å². The second-order valence-electron chi connectivity index (χ2n) is 2.03. The van der Waals surface area contributed by atoms with Gasteiger partial charge in [0.2, 0.25) is 0 Å². The maximum Gasteiger partial charge on any atom is 0.291 e. The van der Waals surface area contributed by atoms with Gasteiger partial charge in [0, 0.05) is 0 Å². The number of hydrogen-bond donors (Lipinski definition) is 2. The number of nitrogens with one attached hydrogen (secondary N) is 1. The van der Waals surface area contributed by atoms with E-state index in [1.54, 1.807) is 0 Å². The Hall–Kier alpha value is -0.550. The molecular weight excluding hydrogens is 186 g/mol. The molecule has 0 saturated carbocycles. The lowest BCUT2D eigenvalue weighted by Gasteiger charge is -2.07. The van der Waals surface area contributed by atoms with Crippen molar-refractivity contribution in [1.29, 1.82) is 0 Å². The molecule has 1 aliphatic rings. The number of ether oxygens (including phenoxy) is 1. The van der Waals surface area contributed by atoms with Gasteiger partial charge < -0.3 is 10.5 Å². The van der Waals surface area contributed by atoms with E-state index in [4.69, 9.17) is 22.1 Å². The predicted molar refractivity (Wildman–Crippen MR) is 47.8 cm³/mol. The van der Waals surface area contributed by atoms with E-state index in [1.165, 1.54) is 0 Å². The number of hydrogen-bond acceptors (Lipinski definition) is 3. The van der Waals surface area contributed by atoms with E-state index in [1.807, 2.05) is 0 Å². The quantitative estimate of drug-likeness (QED) is 0.448. The fourth-order valence-electron chi connectivity index (χ4n) is 0.672. The Morgan fingerprint density at radius 1 is 2.00 bits per heavy atom. The highest BCUT2D eigenvalue weighted by atomic mass is 35.5. The summed E-state index contributed by atoms with van der Waals surface area (Å²) < 4.78 is 5.16. The second-order valence-corrected chi connectivity index (χ2v) is 2.78. The van der Waals surface area contributed by atoms with Gasteiger partial charge in [0.15, 0.2) is 5.11 Å². The van der Waals surface area contributed by atoms with Gasteiger partial charge in [-0.15, -0.1) is 11.6 Å². The van der Waals surface area contributed by atoms with Gasteiger partial charge in [-0.25, -0.2) is 4.99 Å². The van der Waals surface area contributed by atoms with E-state index in [0.717, 1.165) is 0 Å². The molecular formula is C5H8ClN3OS. The maximum absolute atomic E-state index is 5.52. The van der Waals surface area contributed by atoms with Crippen molar-refractivity contribution < 1.29 is 4.74 Å². The monoisotopic (exact) mass is 193 g/mol. The topological polar surface area (TPSA) is 59.6 Å². The largest absolute Gasteiger partial charge is 0.458 e. The molecule has 4 nitrogen and oxygen atoms in total. The smallest absolute Gasteiger partial charge is 0.291 e. The molecule has 1 aliphatic heterocycles. The van der Waals surface area contributed by atoms with Crippen LogP contribution in [0.25, 0.3) is 0 Å². The molecule has 1 rings (SSSR count). The molecule has 0 aromatic carbocycles. The van der Waals surface area contributed by atoms with Crippen LogP contribution in [0.5, 0.6) is 0 Å². The molecule has 0 aliphatic carbocycles. The number of nitrogens with zero attached hydrogens (tertiary/aromatic N) is 1. The average Bonchev–Trinajstić information content (AvgIpc) is 2.34. The Morgan fingerprint density at radius 2 is 2.73 bits per heavy atom. The number of thiocarbonyl (C=S) groups is 1. The maximum atomic E-state index is 5.52. The molecule has 3 N–H and O–H groups in total. The summed E-state index contributed by atoms with van der Waals surface area (Å²) in [4.78, 5) is 3.96. The van der Waals surface area contributed by atoms with E-state index >= 15 is 0 Å². The second kappa shape index (κ2) is 3.73. The first-order valence-electron chi connectivity index (χ1n) is 3.06. The van der Waals surface area contributed by atoms with Gasteiger partial charge in [-0.05, 0) is 12.2 Å². The van der Waals surface area contributed by atoms with Crippen LogP contribution < -0.4 is 11.1 Å². The molecule has 6 heteroatoms. The van der Waals surface area contributed by atoms with Crippen LogP contribution in [0.1, 0.15) is 0 Å². The molecule has 0 aromatic rings. The van der Waals surface area contributed by atoms with Gasteiger partial charge in [-0.3, -0.25) is 5.32 Å². The molecule has 1 atom stereocenters. The Labute approximate surface area is 74.8 Å². The highest BCUT2D eigenvalue weighted by Crippen LogP contribution is 2.03. The van der Waals surface area contributed by atoms with Crippen LogP contribution in [0, 0.1) is 0 Å². The summed E-state index contributed by atoms with van der Waals surface area (Å²) >= 11 is 10.1.